The summed E-state index contributed by atoms with van der Waals surface area (Å²) in [6.45, 7) is 8.06. The molecule has 0 radical (unpaired) electrons. The molecule has 1 aliphatic heterocycles. The molecule has 15 heavy (non-hydrogen) atoms. The van der Waals surface area contributed by atoms with Crippen LogP contribution in [-0.4, -0.2) is 31.6 Å². The second-order valence-corrected chi connectivity index (χ2v) is 3.72. The summed E-state index contributed by atoms with van der Waals surface area (Å²) < 4.78 is 15.7. The average molecular weight is 214 g/mol. The summed E-state index contributed by atoms with van der Waals surface area (Å²) in [6.07, 6.45) is 1.70. The summed E-state index contributed by atoms with van der Waals surface area (Å²) in [7, 11) is 0. The molecule has 4 heteroatoms. The summed E-state index contributed by atoms with van der Waals surface area (Å²) in [6, 6.07) is 0. The molecule has 0 aliphatic carbocycles. The summed E-state index contributed by atoms with van der Waals surface area (Å²) in [4.78, 5) is 11.1. The van der Waals surface area contributed by atoms with Gasteiger partial charge in [0.2, 0.25) is 6.29 Å². The van der Waals surface area contributed by atoms with Crippen LogP contribution in [0.5, 0.6) is 0 Å². The maximum atomic E-state index is 11.1. The van der Waals surface area contributed by atoms with Gasteiger partial charge in [-0.1, -0.05) is 6.58 Å². The van der Waals surface area contributed by atoms with Gasteiger partial charge in [0.1, 0.15) is 0 Å². The zero-order chi connectivity index (χ0) is 11.3. The number of esters is 1. The van der Waals surface area contributed by atoms with Gasteiger partial charge in [-0.05, 0) is 26.7 Å². The maximum Gasteiger partial charge on any atom is 0.335 e. The first-order valence-electron chi connectivity index (χ1n) is 5.19. The molecule has 0 aromatic heterocycles. The van der Waals surface area contributed by atoms with Gasteiger partial charge in [-0.2, -0.15) is 0 Å². The van der Waals surface area contributed by atoms with Crippen LogP contribution in [0.3, 0.4) is 0 Å². The normalized spacial score (nSPS) is 22.4. The fourth-order valence-electron chi connectivity index (χ4n) is 1.30. The van der Waals surface area contributed by atoms with E-state index in [0.29, 0.717) is 12.2 Å². The van der Waals surface area contributed by atoms with Crippen LogP contribution in [0.15, 0.2) is 12.2 Å². The second-order valence-electron chi connectivity index (χ2n) is 3.72. The Bertz CT molecular complexity index is 231. The van der Waals surface area contributed by atoms with Gasteiger partial charge >= 0.3 is 5.97 Å². The van der Waals surface area contributed by atoms with Crippen LogP contribution in [-0.2, 0) is 19.0 Å². The lowest BCUT2D eigenvalue weighted by molar-refractivity contribution is -0.175. The molecular formula is C11H18O4. The number of rotatable bonds is 5. The topological polar surface area (TPSA) is 44.8 Å². The van der Waals surface area contributed by atoms with E-state index in [2.05, 4.69) is 6.58 Å². The highest BCUT2D eigenvalue weighted by Gasteiger charge is 2.18. The molecule has 1 heterocycles. The van der Waals surface area contributed by atoms with Crippen LogP contribution in [0.2, 0.25) is 0 Å². The maximum absolute atomic E-state index is 11.1. The first-order valence-corrected chi connectivity index (χ1v) is 5.19. The Morgan fingerprint density at radius 2 is 2.40 bits per heavy atom. The molecular weight excluding hydrogens is 196 g/mol. The van der Waals surface area contributed by atoms with Crippen molar-refractivity contribution in [2.75, 3.05) is 13.2 Å². The van der Waals surface area contributed by atoms with Gasteiger partial charge in [-0.15, -0.1) is 0 Å². The number of hydrogen-bond donors (Lipinski definition) is 0. The molecule has 4 nitrogen and oxygen atoms in total. The van der Waals surface area contributed by atoms with Gasteiger partial charge in [0, 0.05) is 12.2 Å². The van der Waals surface area contributed by atoms with E-state index in [1.807, 2.05) is 0 Å². The molecule has 0 aromatic rings. The SMILES string of the molecule is C=C(C)C(=O)OC(C)OCC1CCCO1. The van der Waals surface area contributed by atoms with Gasteiger partial charge in [-0.3, -0.25) is 0 Å². The van der Waals surface area contributed by atoms with Crippen LogP contribution in [0.1, 0.15) is 26.7 Å². The minimum Gasteiger partial charge on any atom is -0.433 e. The third kappa shape index (κ3) is 4.44. The number of carbonyl (C=O) groups excluding carboxylic acids is 1. The Balaban J connectivity index is 2.15. The van der Waals surface area contributed by atoms with Crippen LogP contribution >= 0.6 is 0 Å². The molecule has 86 valence electrons. The Hall–Kier alpha value is -0.870. The largest absolute Gasteiger partial charge is 0.433 e. The van der Waals surface area contributed by atoms with Crippen LogP contribution < -0.4 is 0 Å². The molecule has 0 N–H and O–H groups in total. The third-order valence-electron chi connectivity index (χ3n) is 2.16. The molecule has 1 aliphatic rings. The van der Waals surface area contributed by atoms with Gasteiger partial charge in [0.25, 0.3) is 0 Å². The van der Waals surface area contributed by atoms with Crippen molar-refractivity contribution < 1.29 is 19.0 Å². The summed E-state index contributed by atoms with van der Waals surface area (Å²) in [5, 5.41) is 0. The Morgan fingerprint density at radius 3 is 2.93 bits per heavy atom. The Labute approximate surface area is 90.2 Å². The molecule has 0 aromatic carbocycles. The highest BCUT2D eigenvalue weighted by Crippen LogP contribution is 2.13. The van der Waals surface area contributed by atoms with Crippen molar-refractivity contribution in [1.82, 2.24) is 0 Å². The molecule has 0 saturated carbocycles. The highest BCUT2D eigenvalue weighted by atomic mass is 16.7. The van der Waals surface area contributed by atoms with Crippen LogP contribution in [0.4, 0.5) is 0 Å². The molecule has 1 fully saturated rings. The number of carbonyl (C=O) groups is 1. The van der Waals surface area contributed by atoms with Gasteiger partial charge in [0.05, 0.1) is 12.7 Å². The number of ether oxygens (including phenoxy) is 3. The summed E-state index contributed by atoms with van der Waals surface area (Å²) in [5.41, 5.74) is 0.377. The van der Waals surface area contributed by atoms with Crippen molar-refractivity contribution in [3.05, 3.63) is 12.2 Å². The molecule has 0 spiro atoms. The van der Waals surface area contributed by atoms with Gasteiger partial charge in [-0.25, -0.2) is 4.79 Å². The summed E-state index contributed by atoms with van der Waals surface area (Å²) in [5.74, 6) is -0.421. The monoisotopic (exact) mass is 214 g/mol. The summed E-state index contributed by atoms with van der Waals surface area (Å²) >= 11 is 0. The van der Waals surface area contributed by atoms with Gasteiger partial charge in [0.15, 0.2) is 0 Å². The highest BCUT2D eigenvalue weighted by molar-refractivity contribution is 5.86. The predicted octanol–water partition coefficient (Wildman–Crippen LogP) is 1.65. The fraction of sp³-hybridized carbons (Fsp3) is 0.727. The molecule has 0 amide bonds. The van der Waals surface area contributed by atoms with Crippen molar-refractivity contribution in [3.63, 3.8) is 0 Å². The van der Waals surface area contributed by atoms with Crippen molar-refractivity contribution in [2.45, 2.75) is 39.1 Å². The zero-order valence-electron chi connectivity index (χ0n) is 9.32. The minimum absolute atomic E-state index is 0.149. The van der Waals surface area contributed by atoms with E-state index in [1.165, 1.54) is 0 Å². The van der Waals surface area contributed by atoms with E-state index < -0.39 is 12.3 Å². The van der Waals surface area contributed by atoms with E-state index in [9.17, 15) is 4.79 Å². The van der Waals surface area contributed by atoms with E-state index in [0.717, 1.165) is 19.4 Å². The number of hydrogen-bond acceptors (Lipinski definition) is 4. The predicted molar refractivity (Wildman–Crippen MR) is 55.3 cm³/mol. The lowest BCUT2D eigenvalue weighted by atomic mass is 10.2. The molecule has 2 unspecified atom stereocenters. The first-order chi connectivity index (χ1) is 7.09. The first kappa shape index (κ1) is 12.2. The average Bonchev–Trinajstić information content (AvgIpc) is 2.66. The fourth-order valence-corrected chi connectivity index (χ4v) is 1.30. The van der Waals surface area contributed by atoms with Crippen molar-refractivity contribution in [2.24, 2.45) is 0 Å². The van der Waals surface area contributed by atoms with Crippen LogP contribution in [0, 0.1) is 0 Å². The Morgan fingerprint density at radius 1 is 1.67 bits per heavy atom. The van der Waals surface area contributed by atoms with Crippen molar-refractivity contribution in [1.29, 1.82) is 0 Å². The quantitative estimate of drug-likeness (QED) is 0.396. The second kappa shape index (κ2) is 5.88. The van der Waals surface area contributed by atoms with E-state index in [4.69, 9.17) is 14.2 Å². The molecule has 1 rings (SSSR count). The minimum atomic E-state index is -0.543. The van der Waals surface area contributed by atoms with E-state index in [1.54, 1.807) is 13.8 Å². The van der Waals surface area contributed by atoms with Crippen molar-refractivity contribution >= 4 is 5.97 Å². The Kier molecular flexibility index (Phi) is 4.78. The lowest BCUT2D eigenvalue weighted by Gasteiger charge is -2.16. The lowest BCUT2D eigenvalue weighted by Crippen LogP contribution is -2.23. The molecule has 0 bridgehead atoms. The third-order valence-corrected chi connectivity index (χ3v) is 2.16. The smallest absolute Gasteiger partial charge is 0.335 e. The molecule has 2 atom stereocenters. The van der Waals surface area contributed by atoms with Crippen LogP contribution in [0.25, 0.3) is 0 Å². The standard InChI is InChI=1S/C11H18O4/c1-8(2)11(12)15-9(3)14-7-10-5-4-6-13-10/h9-10H,1,4-7H2,2-3H3. The van der Waals surface area contributed by atoms with Crippen molar-refractivity contribution in [3.8, 4) is 0 Å². The van der Waals surface area contributed by atoms with E-state index >= 15 is 0 Å². The zero-order valence-corrected chi connectivity index (χ0v) is 9.32. The van der Waals surface area contributed by atoms with Gasteiger partial charge < -0.3 is 14.2 Å². The van der Waals surface area contributed by atoms with E-state index in [-0.39, 0.29) is 6.10 Å². The molecule has 1 saturated heterocycles.